The summed E-state index contributed by atoms with van der Waals surface area (Å²) in [6, 6.07) is 10.3. The second kappa shape index (κ2) is 3.45. The third-order valence-corrected chi connectivity index (χ3v) is 2.81. The lowest BCUT2D eigenvalue weighted by Crippen LogP contribution is -2.00. The highest BCUT2D eigenvalue weighted by molar-refractivity contribution is 8.12. The Morgan fingerprint density at radius 1 is 1.00 bits per heavy atom. The van der Waals surface area contributed by atoms with Crippen LogP contribution in [0.15, 0.2) is 42.7 Å². The van der Waals surface area contributed by atoms with Crippen LogP contribution in [0, 0.1) is 0 Å². The second-order valence-corrected chi connectivity index (χ2v) is 3.82. The van der Waals surface area contributed by atoms with E-state index in [2.05, 4.69) is 26.9 Å². The van der Waals surface area contributed by atoms with Gasteiger partial charge in [0.15, 0.2) is 0 Å². The third kappa shape index (κ3) is 1.68. The average molecular weight is 178 g/mol. The number of hydrogen-bond acceptors (Lipinski definition) is 2. The molecule has 0 aliphatic carbocycles. The Labute approximate surface area is 74.5 Å². The van der Waals surface area contributed by atoms with Gasteiger partial charge in [-0.2, -0.15) is 0 Å². The van der Waals surface area contributed by atoms with Crippen LogP contribution < -0.4 is 9.44 Å². The molecule has 1 aromatic rings. The molecule has 62 valence electrons. The molecule has 0 amide bonds. The van der Waals surface area contributed by atoms with E-state index in [1.807, 2.05) is 30.6 Å². The first kappa shape index (κ1) is 7.43. The third-order valence-electron chi connectivity index (χ3n) is 1.53. The molecule has 3 heteroatoms. The normalized spacial score (nSPS) is 15.3. The summed E-state index contributed by atoms with van der Waals surface area (Å²) in [5.74, 6) is 0. The summed E-state index contributed by atoms with van der Waals surface area (Å²) >= 11 is 0. The van der Waals surface area contributed by atoms with Crippen LogP contribution in [0.4, 0.5) is 0 Å². The highest BCUT2D eigenvalue weighted by atomic mass is 32.2. The van der Waals surface area contributed by atoms with Gasteiger partial charge in [-0.1, -0.05) is 30.3 Å². The number of nitrogens with one attached hydrogen (secondary N) is 2. The fourth-order valence-electron chi connectivity index (χ4n) is 0.984. The lowest BCUT2D eigenvalue weighted by atomic mass is 10.2. The van der Waals surface area contributed by atoms with Crippen molar-refractivity contribution in [3.8, 4) is 0 Å². The average Bonchev–Trinajstić information content (AvgIpc) is 2.59. The van der Waals surface area contributed by atoms with E-state index in [0.717, 1.165) is 0 Å². The van der Waals surface area contributed by atoms with Crippen molar-refractivity contribution in [1.29, 1.82) is 0 Å². The Morgan fingerprint density at radius 2 is 1.67 bits per heavy atom. The van der Waals surface area contributed by atoms with E-state index >= 15 is 0 Å². The van der Waals surface area contributed by atoms with E-state index in [1.54, 1.807) is 0 Å². The van der Waals surface area contributed by atoms with Crippen molar-refractivity contribution >= 4 is 16.2 Å². The van der Waals surface area contributed by atoms with Gasteiger partial charge in [0.2, 0.25) is 0 Å². The molecule has 1 aliphatic heterocycles. The van der Waals surface area contributed by atoms with E-state index in [-0.39, 0.29) is 10.9 Å². The van der Waals surface area contributed by atoms with Crippen molar-refractivity contribution in [2.45, 2.75) is 0 Å². The monoisotopic (exact) mass is 178 g/mol. The molecule has 2 nitrogen and oxygen atoms in total. The zero-order chi connectivity index (χ0) is 8.23. The summed E-state index contributed by atoms with van der Waals surface area (Å²) < 4.78 is 6.37. The summed E-state index contributed by atoms with van der Waals surface area (Å²) in [6.07, 6.45) is 3.84. The van der Waals surface area contributed by atoms with Gasteiger partial charge in [0.1, 0.15) is 0 Å². The first-order chi connectivity index (χ1) is 5.95. The summed E-state index contributed by atoms with van der Waals surface area (Å²) in [6.45, 7) is 0. The molecule has 2 rings (SSSR count). The topological polar surface area (TPSA) is 24.1 Å². The summed E-state index contributed by atoms with van der Waals surface area (Å²) in [5, 5.41) is 2.17. The smallest absolute Gasteiger partial charge is 0.0249 e. The van der Waals surface area contributed by atoms with Crippen LogP contribution in [0.2, 0.25) is 0 Å². The fraction of sp³-hybridized carbons (Fsp3) is 0. The zero-order valence-corrected chi connectivity index (χ0v) is 7.34. The minimum Gasteiger partial charge on any atom is -0.325 e. The Kier molecular flexibility index (Phi) is 2.14. The molecule has 0 aromatic heterocycles. The van der Waals surface area contributed by atoms with Crippen molar-refractivity contribution in [2.75, 3.05) is 0 Å². The zero-order valence-electron chi connectivity index (χ0n) is 6.53. The van der Waals surface area contributed by atoms with Crippen LogP contribution >= 0.6 is 10.9 Å². The van der Waals surface area contributed by atoms with E-state index < -0.39 is 0 Å². The van der Waals surface area contributed by atoms with E-state index in [9.17, 15) is 0 Å². The van der Waals surface area contributed by atoms with Crippen LogP contribution in [0.1, 0.15) is 5.56 Å². The predicted molar refractivity (Wildman–Crippen MR) is 54.6 cm³/mol. The van der Waals surface area contributed by atoms with Gasteiger partial charge in [0.25, 0.3) is 0 Å². The van der Waals surface area contributed by atoms with Crippen molar-refractivity contribution in [1.82, 2.24) is 9.44 Å². The van der Waals surface area contributed by atoms with Gasteiger partial charge in [-0.3, -0.25) is 0 Å². The fourth-order valence-corrected chi connectivity index (χ4v) is 2.05. The molecule has 1 aromatic carbocycles. The number of rotatable bonds is 1. The van der Waals surface area contributed by atoms with Crippen LogP contribution in [0.3, 0.4) is 0 Å². The van der Waals surface area contributed by atoms with Gasteiger partial charge in [-0.25, -0.2) is 0 Å². The quantitative estimate of drug-likeness (QED) is 0.638. The lowest BCUT2D eigenvalue weighted by molar-refractivity contribution is 1.44. The van der Waals surface area contributed by atoms with Gasteiger partial charge < -0.3 is 9.44 Å². The summed E-state index contributed by atoms with van der Waals surface area (Å²) in [7, 11) is -0.0144. The van der Waals surface area contributed by atoms with Crippen LogP contribution in [-0.4, -0.2) is 5.37 Å². The minimum absolute atomic E-state index is 0.0144. The van der Waals surface area contributed by atoms with Gasteiger partial charge >= 0.3 is 0 Å². The Bertz CT molecular complexity index is 307. The van der Waals surface area contributed by atoms with Crippen LogP contribution in [0.25, 0.3) is 0 Å². The highest BCUT2D eigenvalue weighted by Gasteiger charge is 1.94. The Balaban J connectivity index is 2.17. The van der Waals surface area contributed by atoms with E-state index in [4.69, 9.17) is 0 Å². The molecule has 0 spiro atoms. The lowest BCUT2D eigenvalue weighted by Gasteiger charge is -2.00. The molecule has 0 bridgehead atoms. The predicted octanol–water partition coefficient (Wildman–Crippen LogP) is 1.60. The molecule has 0 fully saturated rings. The minimum atomic E-state index is -0.0144. The molecule has 1 aliphatic rings. The molecule has 0 saturated heterocycles. The first-order valence-corrected chi connectivity index (χ1v) is 5.04. The molecular formula is C9H10N2S. The largest absolute Gasteiger partial charge is 0.325 e. The number of hydrogen-bond donors (Lipinski definition) is 2. The van der Waals surface area contributed by atoms with Crippen molar-refractivity contribution in [2.24, 2.45) is 0 Å². The molecule has 2 N–H and O–H groups in total. The Hall–Kier alpha value is -1.22. The van der Waals surface area contributed by atoms with E-state index in [1.165, 1.54) is 5.56 Å². The van der Waals surface area contributed by atoms with Gasteiger partial charge in [-0.05, 0) is 16.4 Å². The molecule has 0 radical (unpaired) electrons. The van der Waals surface area contributed by atoms with Crippen molar-refractivity contribution in [3.63, 3.8) is 0 Å². The maximum absolute atomic E-state index is 3.19. The SMILES string of the molecule is C1=CNS(=Cc2ccccc2)N1. The standard InChI is InChI=1S/C9H10N2S/c1-2-4-9(5-3-1)8-12-10-6-7-11-12/h1-8,10-11H. The van der Waals surface area contributed by atoms with Gasteiger partial charge in [0.05, 0.1) is 0 Å². The molecule has 0 unspecified atom stereocenters. The van der Waals surface area contributed by atoms with Crippen LogP contribution in [0.5, 0.6) is 0 Å². The molecular weight excluding hydrogens is 168 g/mol. The second-order valence-electron chi connectivity index (χ2n) is 2.44. The van der Waals surface area contributed by atoms with Gasteiger partial charge in [0, 0.05) is 17.8 Å². The maximum atomic E-state index is 3.19. The first-order valence-electron chi connectivity index (χ1n) is 3.75. The Morgan fingerprint density at radius 3 is 2.33 bits per heavy atom. The molecule has 0 atom stereocenters. The summed E-state index contributed by atoms with van der Waals surface area (Å²) in [5.41, 5.74) is 1.24. The summed E-state index contributed by atoms with van der Waals surface area (Å²) in [4.78, 5) is 0. The van der Waals surface area contributed by atoms with Crippen molar-refractivity contribution < 1.29 is 0 Å². The number of benzene rings is 1. The van der Waals surface area contributed by atoms with E-state index in [0.29, 0.717) is 0 Å². The van der Waals surface area contributed by atoms with Crippen molar-refractivity contribution in [3.05, 3.63) is 48.3 Å². The molecule has 0 saturated carbocycles. The highest BCUT2D eigenvalue weighted by Crippen LogP contribution is 2.07. The molecule has 1 heterocycles. The maximum Gasteiger partial charge on any atom is 0.0249 e. The molecule has 12 heavy (non-hydrogen) atoms. The van der Waals surface area contributed by atoms with Crippen LogP contribution in [-0.2, 0) is 0 Å². The van der Waals surface area contributed by atoms with Gasteiger partial charge in [-0.15, -0.1) is 0 Å².